The van der Waals surface area contributed by atoms with Crippen LogP contribution in [0.2, 0.25) is 0 Å². The summed E-state index contributed by atoms with van der Waals surface area (Å²) in [6.45, 7) is 1.71. The summed E-state index contributed by atoms with van der Waals surface area (Å²) >= 11 is 0. The van der Waals surface area contributed by atoms with E-state index in [4.69, 9.17) is 10.5 Å². The first-order chi connectivity index (χ1) is 5.88. The largest absolute Gasteiger partial charge is 0.372 e. The van der Waals surface area contributed by atoms with Crippen LogP contribution in [0.25, 0.3) is 0 Å². The van der Waals surface area contributed by atoms with E-state index < -0.39 is 0 Å². The molecule has 12 heavy (non-hydrogen) atoms. The van der Waals surface area contributed by atoms with Gasteiger partial charge < -0.3 is 15.8 Å². The highest BCUT2D eigenvalue weighted by atomic mass is 16.5. The Balaban J connectivity index is 1.61. The second kappa shape index (κ2) is 3.73. The summed E-state index contributed by atoms with van der Waals surface area (Å²) in [7, 11) is 0. The van der Waals surface area contributed by atoms with Gasteiger partial charge >= 0.3 is 0 Å². The average Bonchev–Trinajstić information content (AvgIpc) is 2.81. The topological polar surface area (TPSA) is 47.3 Å². The first-order valence-electron chi connectivity index (χ1n) is 4.97. The van der Waals surface area contributed by atoms with Crippen molar-refractivity contribution in [3.8, 4) is 0 Å². The lowest BCUT2D eigenvalue weighted by Crippen LogP contribution is -2.29. The Morgan fingerprint density at radius 1 is 1.17 bits per heavy atom. The maximum atomic E-state index is 5.70. The molecule has 2 unspecified atom stereocenters. The van der Waals surface area contributed by atoms with Crippen LogP contribution in [0.1, 0.15) is 25.7 Å². The molecule has 2 atom stereocenters. The van der Waals surface area contributed by atoms with Crippen LogP contribution in [0.15, 0.2) is 0 Å². The molecule has 3 N–H and O–H groups in total. The van der Waals surface area contributed by atoms with Crippen molar-refractivity contribution in [2.75, 3.05) is 13.1 Å². The number of hydrogen-bond donors (Lipinski definition) is 2. The van der Waals surface area contributed by atoms with Crippen molar-refractivity contribution in [2.24, 2.45) is 5.73 Å². The smallest absolute Gasteiger partial charge is 0.0704 e. The molecule has 1 saturated carbocycles. The van der Waals surface area contributed by atoms with Gasteiger partial charge in [-0.1, -0.05) is 0 Å². The minimum Gasteiger partial charge on any atom is -0.372 e. The van der Waals surface area contributed by atoms with Gasteiger partial charge in [0.1, 0.15) is 0 Å². The van der Waals surface area contributed by atoms with Gasteiger partial charge in [0.15, 0.2) is 0 Å². The lowest BCUT2D eigenvalue weighted by Gasteiger charge is -2.12. The summed E-state index contributed by atoms with van der Waals surface area (Å²) in [5.74, 6) is 0. The SMILES string of the molecule is NCC1CCC(CNC2CC2)O1. The molecule has 0 spiro atoms. The van der Waals surface area contributed by atoms with Crippen LogP contribution in [-0.4, -0.2) is 31.3 Å². The number of nitrogens with two attached hydrogens (primary N) is 1. The van der Waals surface area contributed by atoms with Crippen molar-refractivity contribution in [3.63, 3.8) is 0 Å². The monoisotopic (exact) mass is 170 g/mol. The van der Waals surface area contributed by atoms with Crippen molar-refractivity contribution in [1.82, 2.24) is 5.32 Å². The van der Waals surface area contributed by atoms with Crippen LogP contribution in [0.5, 0.6) is 0 Å². The summed E-state index contributed by atoms with van der Waals surface area (Å²) < 4.78 is 5.70. The molecule has 2 aliphatic rings. The molecule has 70 valence electrons. The van der Waals surface area contributed by atoms with Crippen LogP contribution in [0.3, 0.4) is 0 Å². The fraction of sp³-hybridized carbons (Fsp3) is 1.00. The Morgan fingerprint density at radius 2 is 1.92 bits per heavy atom. The summed E-state index contributed by atoms with van der Waals surface area (Å²) in [4.78, 5) is 0. The van der Waals surface area contributed by atoms with Crippen LogP contribution < -0.4 is 11.1 Å². The van der Waals surface area contributed by atoms with Gasteiger partial charge in [-0.05, 0) is 25.7 Å². The Hall–Kier alpha value is -0.120. The molecule has 0 bridgehead atoms. The standard InChI is InChI=1S/C9H18N2O/c10-5-8-3-4-9(12-8)6-11-7-1-2-7/h7-9,11H,1-6,10H2. The predicted molar refractivity (Wildman–Crippen MR) is 48.0 cm³/mol. The van der Waals surface area contributed by atoms with Crippen molar-refractivity contribution >= 4 is 0 Å². The lowest BCUT2D eigenvalue weighted by atomic mass is 10.2. The second-order valence-electron chi connectivity index (χ2n) is 3.88. The Morgan fingerprint density at radius 3 is 2.50 bits per heavy atom. The second-order valence-corrected chi connectivity index (χ2v) is 3.88. The average molecular weight is 170 g/mol. The quantitative estimate of drug-likeness (QED) is 0.635. The third-order valence-corrected chi connectivity index (χ3v) is 2.67. The van der Waals surface area contributed by atoms with E-state index in [0.717, 1.165) is 19.0 Å². The molecule has 2 rings (SSSR count). The minimum atomic E-state index is 0.330. The highest BCUT2D eigenvalue weighted by Gasteiger charge is 2.26. The zero-order valence-electron chi connectivity index (χ0n) is 7.46. The van der Waals surface area contributed by atoms with E-state index in [2.05, 4.69) is 5.32 Å². The zero-order valence-corrected chi connectivity index (χ0v) is 7.46. The molecule has 1 heterocycles. The maximum absolute atomic E-state index is 5.70. The third-order valence-electron chi connectivity index (χ3n) is 2.67. The van der Waals surface area contributed by atoms with Crippen LogP contribution in [0.4, 0.5) is 0 Å². The van der Waals surface area contributed by atoms with E-state index in [1.165, 1.54) is 19.3 Å². The Kier molecular flexibility index (Phi) is 2.63. The van der Waals surface area contributed by atoms with E-state index in [1.807, 2.05) is 0 Å². The van der Waals surface area contributed by atoms with E-state index in [0.29, 0.717) is 18.8 Å². The summed E-state index contributed by atoms with van der Waals surface area (Å²) in [6.07, 6.45) is 5.80. The van der Waals surface area contributed by atoms with E-state index >= 15 is 0 Å². The number of rotatable bonds is 4. The zero-order chi connectivity index (χ0) is 8.39. The van der Waals surface area contributed by atoms with Gasteiger partial charge in [0.05, 0.1) is 12.2 Å². The fourth-order valence-electron chi connectivity index (χ4n) is 1.69. The maximum Gasteiger partial charge on any atom is 0.0704 e. The summed E-state index contributed by atoms with van der Waals surface area (Å²) in [5, 5.41) is 3.48. The van der Waals surface area contributed by atoms with Crippen molar-refractivity contribution in [2.45, 2.75) is 43.9 Å². The Labute approximate surface area is 73.7 Å². The van der Waals surface area contributed by atoms with Gasteiger partial charge in [0, 0.05) is 19.1 Å². The highest BCUT2D eigenvalue weighted by Crippen LogP contribution is 2.21. The molecule has 3 nitrogen and oxygen atoms in total. The molecular weight excluding hydrogens is 152 g/mol. The molecule has 1 saturated heterocycles. The molecule has 0 radical (unpaired) electrons. The summed E-state index contributed by atoms with van der Waals surface area (Å²) in [6, 6.07) is 0.797. The van der Waals surface area contributed by atoms with Gasteiger partial charge in [0.2, 0.25) is 0 Å². The van der Waals surface area contributed by atoms with E-state index in [-0.39, 0.29) is 0 Å². The van der Waals surface area contributed by atoms with Crippen molar-refractivity contribution < 1.29 is 4.74 Å². The van der Waals surface area contributed by atoms with Gasteiger partial charge in [-0.3, -0.25) is 0 Å². The Bertz CT molecular complexity index is 147. The minimum absolute atomic E-state index is 0.330. The summed E-state index contributed by atoms with van der Waals surface area (Å²) in [5.41, 5.74) is 5.52. The van der Waals surface area contributed by atoms with Gasteiger partial charge in [-0.2, -0.15) is 0 Å². The number of nitrogens with one attached hydrogen (secondary N) is 1. The molecular formula is C9H18N2O. The number of ether oxygens (including phenoxy) is 1. The van der Waals surface area contributed by atoms with E-state index in [1.54, 1.807) is 0 Å². The normalized spacial score (nSPS) is 35.8. The van der Waals surface area contributed by atoms with Crippen LogP contribution in [-0.2, 0) is 4.74 Å². The molecule has 1 aliphatic heterocycles. The fourth-order valence-corrected chi connectivity index (χ4v) is 1.69. The van der Waals surface area contributed by atoms with E-state index in [9.17, 15) is 0 Å². The predicted octanol–water partition coefficient (Wildman–Crippen LogP) is 0.245. The molecule has 0 aromatic heterocycles. The first kappa shape index (κ1) is 8.48. The molecule has 1 aliphatic carbocycles. The van der Waals surface area contributed by atoms with Crippen molar-refractivity contribution in [1.29, 1.82) is 0 Å². The van der Waals surface area contributed by atoms with Gasteiger partial charge in [-0.25, -0.2) is 0 Å². The van der Waals surface area contributed by atoms with Crippen molar-refractivity contribution in [3.05, 3.63) is 0 Å². The molecule has 0 amide bonds. The first-order valence-corrected chi connectivity index (χ1v) is 4.97. The van der Waals surface area contributed by atoms with Gasteiger partial charge in [-0.15, -0.1) is 0 Å². The molecule has 0 aromatic carbocycles. The molecule has 3 heteroatoms. The van der Waals surface area contributed by atoms with Crippen LogP contribution >= 0.6 is 0 Å². The van der Waals surface area contributed by atoms with Crippen LogP contribution in [0, 0.1) is 0 Å². The third kappa shape index (κ3) is 2.19. The number of hydrogen-bond acceptors (Lipinski definition) is 3. The molecule has 2 fully saturated rings. The lowest BCUT2D eigenvalue weighted by molar-refractivity contribution is 0.0503. The van der Waals surface area contributed by atoms with Gasteiger partial charge in [0.25, 0.3) is 0 Å². The molecule has 0 aromatic rings. The highest BCUT2D eigenvalue weighted by molar-refractivity contribution is 4.84.